The summed E-state index contributed by atoms with van der Waals surface area (Å²) in [5, 5.41) is 0. The van der Waals surface area contributed by atoms with Crippen molar-refractivity contribution in [2.75, 3.05) is 42.3 Å². The topological polar surface area (TPSA) is 88.0 Å². The van der Waals surface area contributed by atoms with Crippen LogP contribution in [-0.4, -0.2) is 68.4 Å². The molecule has 2 aromatic rings. The number of ether oxygens (including phenoxy) is 1. The van der Waals surface area contributed by atoms with Gasteiger partial charge >= 0.3 is 6.18 Å². The molecule has 0 saturated carbocycles. The maximum Gasteiger partial charge on any atom is 0.434 e. The Morgan fingerprint density at radius 2 is 1.89 bits per heavy atom. The lowest BCUT2D eigenvalue weighted by Crippen LogP contribution is -2.56. The van der Waals surface area contributed by atoms with Crippen molar-refractivity contribution < 1.29 is 30.7 Å². The lowest BCUT2D eigenvalue weighted by molar-refractivity contribution is -0.141. The van der Waals surface area contributed by atoms with E-state index in [4.69, 9.17) is 4.74 Å². The number of piperazine rings is 1. The number of aliphatic imine (C=N–C) groups is 1. The van der Waals surface area contributed by atoms with Crippen LogP contribution in [0.4, 0.5) is 29.2 Å². The molecule has 4 rings (SSSR count). The number of halogens is 4. The first kappa shape index (κ1) is 27.1. The van der Waals surface area contributed by atoms with Gasteiger partial charge in [-0.1, -0.05) is 13.8 Å². The van der Waals surface area contributed by atoms with Gasteiger partial charge in [0, 0.05) is 37.8 Å². The van der Waals surface area contributed by atoms with E-state index in [1.54, 1.807) is 18.7 Å². The van der Waals surface area contributed by atoms with Crippen LogP contribution >= 0.6 is 0 Å². The van der Waals surface area contributed by atoms with Crippen molar-refractivity contribution in [2.24, 2.45) is 10.9 Å². The van der Waals surface area contributed by atoms with Crippen molar-refractivity contribution in [2.45, 2.75) is 50.3 Å². The number of sulfone groups is 1. The first-order valence-electron chi connectivity index (χ1n) is 11.8. The minimum Gasteiger partial charge on any atom is -0.475 e. The van der Waals surface area contributed by atoms with Gasteiger partial charge in [0.2, 0.25) is 11.8 Å². The maximum atomic E-state index is 14.1. The van der Waals surface area contributed by atoms with Crippen LogP contribution in [0.15, 0.2) is 34.3 Å². The number of benzene rings is 1. The van der Waals surface area contributed by atoms with Crippen molar-refractivity contribution in [3.8, 4) is 0 Å². The second-order valence-corrected chi connectivity index (χ2v) is 12.3. The summed E-state index contributed by atoms with van der Waals surface area (Å²) in [5.74, 6) is -1.05. The summed E-state index contributed by atoms with van der Waals surface area (Å²) in [4.78, 5) is 15.7. The molecule has 0 aliphatic carbocycles. The molecule has 8 nitrogen and oxygen atoms in total. The van der Waals surface area contributed by atoms with Crippen molar-refractivity contribution in [3.63, 3.8) is 0 Å². The Labute approximate surface area is 213 Å². The number of anilines is 2. The Morgan fingerprint density at radius 1 is 1.19 bits per heavy atom. The molecule has 1 atom stereocenters. The van der Waals surface area contributed by atoms with Gasteiger partial charge < -0.3 is 14.5 Å². The third-order valence-corrected chi connectivity index (χ3v) is 7.48. The van der Waals surface area contributed by atoms with Crippen molar-refractivity contribution in [1.82, 2.24) is 9.97 Å². The molecule has 2 aliphatic rings. The lowest BCUT2D eigenvalue weighted by atomic mass is 9.99. The van der Waals surface area contributed by atoms with E-state index in [-0.39, 0.29) is 42.5 Å². The molecule has 37 heavy (non-hydrogen) atoms. The number of hydrogen-bond donors (Lipinski definition) is 0. The second kappa shape index (κ2) is 9.41. The van der Waals surface area contributed by atoms with Crippen molar-refractivity contribution in [1.29, 1.82) is 0 Å². The smallest absolute Gasteiger partial charge is 0.434 e. The zero-order chi connectivity index (χ0) is 27.3. The highest BCUT2D eigenvalue weighted by Crippen LogP contribution is 2.35. The van der Waals surface area contributed by atoms with Crippen molar-refractivity contribution >= 4 is 27.4 Å². The molecule has 202 valence electrons. The fraction of sp³-hybridized carbons (Fsp3) is 0.542. The van der Waals surface area contributed by atoms with Gasteiger partial charge in [0.15, 0.2) is 15.5 Å². The summed E-state index contributed by atoms with van der Waals surface area (Å²) in [6, 6.07) is 3.59. The number of rotatable bonds is 5. The third-order valence-electron chi connectivity index (χ3n) is 6.37. The Kier molecular flexibility index (Phi) is 6.89. The maximum absolute atomic E-state index is 14.1. The molecule has 0 radical (unpaired) electrons. The van der Waals surface area contributed by atoms with Crippen LogP contribution in [0.1, 0.15) is 39.0 Å². The highest BCUT2D eigenvalue weighted by Gasteiger charge is 2.41. The second-order valence-electron chi connectivity index (χ2n) is 10.3. The molecule has 1 saturated heterocycles. The SMILES string of the molecule is CC(C)[C@@H]1CN(c2ccc(F)c(S(C)(=O)=O)c2)CCN1c1ncc(C2=NC(C)(C)CO2)c(C(F)(F)F)n1. The predicted octanol–water partition coefficient (Wildman–Crippen LogP) is 3.94. The molecule has 0 unspecified atom stereocenters. The monoisotopic (exact) mass is 543 g/mol. The van der Waals surface area contributed by atoms with E-state index in [9.17, 15) is 26.0 Å². The van der Waals surface area contributed by atoms with Crippen LogP contribution in [0.3, 0.4) is 0 Å². The Bertz CT molecular complexity index is 1330. The largest absolute Gasteiger partial charge is 0.475 e. The van der Waals surface area contributed by atoms with Gasteiger partial charge in [0.25, 0.3) is 0 Å². The van der Waals surface area contributed by atoms with Crippen LogP contribution in [-0.2, 0) is 20.8 Å². The van der Waals surface area contributed by atoms with E-state index in [2.05, 4.69) is 15.0 Å². The summed E-state index contributed by atoms with van der Waals surface area (Å²) in [5.41, 5.74) is -1.55. The van der Waals surface area contributed by atoms with Gasteiger partial charge in [0.1, 0.15) is 17.3 Å². The summed E-state index contributed by atoms with van der Waals surface area (Å²) in [6.07, 6.45) is -2.71. The molecule has 1 fully saturated rings. The summed E-state index contributed by atoms with van der Waals surface area (Å²) < 4.78 is 85.6. The van der Waals surface area contributed by atoms with Gasteiger partial charge in [-0.05, 0) is 38.0 Å². The zero-order valence-corrected chi connectivity index (χ0v) is 22.0. The van der Waals surface area contributed by atoms with Gasteiger partial charge in [-0.25, -0.2) is 27.8 Å². The normalized spacial score (nSPS) is 20.3. The molecule has 3 heterocycles. The highest BCUT2D eigenvalue weighted by atomic mass is 32.2. The first-order valence-corrected chi connectivity index (χ1v) is 13.6. The summed E-state index contributed by atoms with van der Waals surface area (Å²) >= 11 is 0. The fourth-order valence-corrected chi connectivity index (χ4v) is 5.20. The van der Waals surface area contributed by atoms with Gasteiger partial charge in [-0.3, -0.25) is 0 Å². The third kappa shape index (κ3) is 5.65. The minimum atomic E-state index is -4.75. The molecule has 1 aromatic heterocycles. The van der Waals surface area contributed by atoms with Crippen LogP contribution in [0.25, 0.3) is 0 Å². The minimum absolute atomic E-state index is 0.0152. The quantitative estimate of drug-likeness (QED) is 0.528. The summed E-state index contributed by atoms with van der Waals surface area (Å²) in [6.45, 7) is 8.49. The average molecular weight is 544 g/mol. The standard InChI is InChI=1S/C24H29F4N5O3S/c1-14(2)18-12-32(15-6-7-17(25)19(10-15)37(5,34)35)8-9-33(18)22-29-11-16(20(30-22)24(26,27)28)21-31-23(3,4)13-36-21/h6-7,10-11,14,18H,8-9,12-13H2,1-5H3/t18-/m0/s1. The van der Waals surface area contributed by atoms with E-state index in [1.165, 1.54) is 12.1 Å². The molecule has 0 N–H and O–H groups in total. The average Bonchev–Trinajstić information content (AvgIpc) is 3.16. The number of hydrogen-bond acceptors (Lipinski definition) is 8. The van der Waals surface area contributed by atoms with E-state index in [1.807, 2.05) is 18.7 Å². The molecule has 0 bridgehead atoms. The van der Waals surface area contributed by atoms with E-state index < -0.39 is 38.0 Å². The zero-order valence-electron chi connectivity index (χ0n) is 21.2. The van der Waals surface area contributed by atoms with E-state index in [0.717, 1.165) is 18.5 Å². The first-order chi connectivity index (χ1) is 17.1. The number of aromatic nitrogens is 2. The van der Waals surface area contributed by atoms with Crippen LogP contribution < -0.4 is 9.80 Å². The van der Waals surface area contributed by atoms with Crippen LogP contribution in [0.2, 0.25) is 0 Å². The van der Waals surface area contributed by atoms with Crippen LogP contribution in [0, 0.1) is 11.7 Å². The van der Waals surface area contributed by atoms with E-state index >= 15 is 0 Å². The number of alkyl halides is 3. The molecule has 0 spiro atoms. The molecule has 13 heteroatoms. The molecular weight excluding hydrogens is 514 g/mol. The number of nitrogens with zero attached hydrogens (tertiary/aromatic N) is 5. The van der Waals surface area contributed by atoms with E-state index in [0.29, 0.717) is 18.8 Å². The fourth-order valence-electron chi connectivity index (χ4n) is 4.44. The molecule has 1 aromatic carbocycles. The Balaban J connectivity index is 1.67. The predicted molar refractivity (Wildman–Crippen MR) is 131 cm³/mol. The molecular formula is C24H29F4N5O3S. The highest BCUT2D eigenvalue weighted by molar-refractivity contribution is 7.90. The molecule has 2 aliphatic heterocycles. The van der Waals surface area contributed by atoms with Crippen molar-refractivity contribution in [3.05, 3.63) is 41.5 Å². The van der Waals surface area contributed by atoms with Gasteiger partial charge in [-0.2, -0.15) is 13.2 Å². The van der Waals surface area contributed by atoms with Gasteiger partial charge in [-0.15, -0.1) is 0 Å². The Hall–Kier alpha value is -2.96. The molecule has 0 amide bonds. The lowest BCUT2D eigenvalue weighted by Gasteiger charge is -2.44. The van der Waals surface area contributed by atoms with Crippen LogP contribution in [0.5, 0.6) is 0 Å². The summed E-state index contributed by atoms with van der Waals surface area (Å²) in [7, 11) is -3.77. The van der Waals surface area contributed by atoms with Gasteiger partial charge in [0.05, 0.1) is 17.1 Å². The Morgan fingerprint density at radius 3 is 2.46 bits per heavy atom.